The molecule has 7 heteroatoms. The summed E-state index contributed by atoms with van der Waals surface area (Å²) in [7, 11) is 1.84. The van der Waals surface area contributed by atoms with Gasteiger partial charge in [-0.3, -0.25) is 9.48 Å². The number of ether oxygens (including phenoxy) is 1. The van der Waals surface area contributed by atoms with E-state index in [-0.39, 0.29) is 12.5 Å². The van der Waals surface area contributed by atoms with Crippen molar-refractivity contribution >= 4 is 35.0 Å². The molecule has 0 atom stereocenters. The first-order valence-electron chi connectivity index (χ1n) is 6.69. The van der Waals surface area contributed by atoms with Crippen molar-refractivity contribution in [3.63, 3.8) is 0 Å². The molecule has 2 rings (SSSR count). The quantitative estimate of drug-likeness (QED) is 0.848. The lowest BCUT2D eigenvalue weighted by molar-refractivity contribution is -0.118. The predicted molar refractivity (Wildman–Crippen MR) is 90.0 cm³/mol. The molecule has 0 spiro atoms. The van der Waals surface area contributed by atoms with E-state index < -0.39 is 0 Å². The van der Waals surface area contributed by atoms with Gasteiger partial charge in [-0.15, -0.1) is 11.8 Å². The molecule has 0 unspecified atom stereocenters. The van der Waals surface area contributed by atoms with Crippen LogP contribution in [0.25, 0.3) is 0 Å². The molecule has 118 valence electrons. The van der Waals surface area contributed by atoms with E-state index in [1.165, 1.54) is 11.8 Å². The minimum Gasteiger partial charge on any atom is -0.480 e. The van der Waals surface area contributed by atoms with E-state index in [1.807, 2.05) is 33.2 Å². The highest BCUT2D eigenvalue weighted by Crippen LogP contribution is 2.32. The molecule has 1 aromatic carbocycles. The predicted octanol–water partition coefficient (Wildman–Crippen LogP) is 3.43. The van der Waals surface area contributed by atoms with Crippen LogP contribution in [-0.4, -0.2) is 28.6 Å². The smallest absolute Gasteiger partial charge is 0.262 e. The van der Waals surface area contributed by atoms with Crippen LogP contribution in [0.15, 0.2) is 23.1 Å². The fourth-order valence-electron chi connectivity index (χ4n) is 2.10. The number of hydrogen-bond donors (Lipinski definition) is 1. The number of thioether (sulfide) groups is 1. The normalized spacial score (nSPS) is 10.6. The number of aromatic nitrogens is 2. The largest absolute Gasteiger partial charge is 0.480 e. The molecule has 0 saturated heterocycles. The highest BCUT2D eigenvalue weighted by Gasteiger charge is 2.14. The number of nitrogens with zero attached hydrogens (tertiary/aromatic N) is 2. The van der Waals surface area contributed by atoms with E-state index in [9.17, 15) is 4.79 Å². The van der Waals surface area contributed by atoms with Crippen molar-refractivity contribution in [1.82, 2.24) is 9.78 Å². The van der Waals surface area contributed by atoms with Crippen LogP contribution in [0.3, 0.4) is 0 Å². The summed E-state index contributed by atoms with van der Waals surface area (Å²) in [5, 5.41) is 7.69. The third kappa shape index (κ3) is 3.56. The second-order valence-corrected chi connectivity index (χ2v) is 6.00. The van der Waals surface area contributed by atoms with Crippen molar-refractivity contribution < 1.29 is 9.53 Å². The third-order valence-electron chi connectivity index (χ3n) is 3.24. The Morgan fingerprint density at radius 2 is 2.18 bits per heavy atom. The second-order valence-electron chi connectivity index (χ2n) is 4.78. The molecule has 0 saturated carbocycles. The maximum Gasteiger partial charge on any atom is 0.262 e. The summed E-state index contributed by atoms with van der Waals surface area (Å²) in [5.74, 6) is 0.411. The van der Waals surface area contributed by atoms with Crippen molar-refractivity contribution in [2.45, 2.75) is 18.7 Å². The number of hydrogen-bond acceptors (Lipinski definition) is 4. The van der Waals surface area contributed by atoms with Gasteiger partial charge in [-0.1, -0.05) is 17.7 Å². The molecule has 0 aliphatic carbocycles. The van der Waals surface area contributed by atoms with Crippen LogP contribution < -0.4 is 10.1 Å². The van der Waals surface area contributed by atoms with E-state index in [0.717, 1.165) is 16.3 Å². The summed E-state index contributed by atoms with van der Waals surface area (Å²) in [6.07, 6.45) is 1.91. The minimum absolute atomic E-state index is 0.0757. The Kier molecular flexibility index (Phi) is 5.37. The summed E-state index contributed by atoms with van der Waals surface area (Å²) in [6.45, 7) is 3.67. The molecular weight excluding hydrogens is 322 g/mol. The van der Waals surface area contributed by atoms with Crippen molar-refractivity contribution in [2.24, 2.45) is 7.05 Å². The SMILES string of the molecule is CSc1c(Cl)cccc1NC(=O)COc1c(C)nn(C)c1C. The van der Waals surface area contributed by atoms with E-state index in [4.69, 9.17) is 16.3 Å². The molecule has 1 N–H and O–H groups in total. The van der Waals surface area contributed by atoms with Crippen LogP contribution in [0.1, 0.15) is 11.4 Å². The Hall–Kier alpha value is -1.66. The van der Waals surface area contributed by atoms with Crippen LogP contribution in [0.2, 0.25) is 5.02 Å². The van der Waals surface area contributed by atoms with Gasteiger partial charge in [0.25, 0.3) is 5.91 Å². The van der Waals surface area contributed by atoms with E-state index in [1.54, 1.807) is 16.8 Å². The van der Waals surface area contributed by atoms with Gasteiger partial charge in [0.2, 0.25) is 0 Å². The average Bonchev–Trinajstić information content (AvgIpc) is 2.70. The first-order chi connectivity index (χ1) is 10.4. The molecule has 5 nitrogen and oxygen atoms in total. The van der Waals surface area contributed by atoms with Gasteiger partial charge in [-0.25, -0.2) is 0 Å². The average molecular weight is 340 g/mol. The van der Waals surface area contributed by atoms with Gasteiger partial charge >= 0.3 is 0 Å². The summed E-state index contributed by atoms with van der Waals surface area (Å²) >= 11 is 7.60. The molecule has 0 radical (unpaired) electrons. The van der Waals surface area contributed by atoms with Gasteiger partial charge in [0.1, 0.15) is 5.69 Å². The van der Waals surface area contributed by atoms with Gasteiger partial charge in [-0.2, -0.15) is 5.10 Å². The van der Waals surface area contributed by atoms with Gasteiger partial charge in [0.15, 0.2) is 12.4 Å². The van der Waals surface area contributed by atoms with Gasteiger partial charge in [0, 0.05) is 11.9 Å². The Balaban J connectivity index is 2.04. The topological polar surface area (TPSA) is 56.1 Å². The molecule has 0 aliphatic rings. The molecule has 0 bridgehead atoms. The zero-order chi connectivity index (χ0) is 16.3. The number of anilines is 1. The number of halogens is 1. The first-order valence-corrected chi connectivity index (χ1v) is 8.29. The number of aryl methyl sites for hydroxylation is 2. The van der Waals surface area contributed by atoms with Crippen LogP contribution in [0.4, 0.5) is 5.69 Å². The lowest BCUT2D eigenvalue weighted by atomic mass is 10.3. The second kappa shape index (κ2) is 7.07. The monoisotopic (exact) mass is 339 g/mol. The number of benzene rings is 1. The van der Waals surface area contributed by atoms with Crippen molar-refractivity contribution in [1.29, 1.82) is 0 Å². The van der Waals surface area contributed by atoms with E-state index in [0.29, 0.717) is 16.5 Å². The van der Waals surface area contributed by atoms with Crippen LogP contribution >= 0.6 is 23.4 Å². The zero-order valence-corrected chi connectivity index (χ0v) is 14.5. The van der Waals surface area contributed by atoms with Gasteiger partial charge in [0.05, 0.1) is 16.4 Å². The molecule has 1 amide bonds. The summed E-state index contributed by atoms with van der Waals surface area (Å²) in [5.41, 5.74) is 2.34. The molecule has 22 heavy (non-hydrogen) atoms. The molecule has 2 aromatic rings. The van der Waals surface area contributed by atoms with Gasteiger partial charge in [-0.05, 0) is 32.2 Å². The van der Waals surface area contributed by atoms with Crippen LogP contribution in [0, 0.1) is 13.8 Å². The van der Waals surface area contributed by atoms with E-state index in [2.05, 4.69) is 10.4 Å². The molecule has 0 fully saturated rings. The standard InChI is InChI=1S/C15H18ClN3O2S/c1-9-14(10(2)19(3)18-9)21-8-13(20)17-12-7-5-6-11(16)15(12)22-4/h5-7H,8H2,1-4H3,(H,17,20). The first kappa shape index (κ1) is 16.7. The summed E-state index contributed by atoms with van der Waals surface area (Å²) < 4.78 is 7.32. The maximum atomic E-state index is 12.1. The fraction of sp³-hybridized carbons (Fsp3) is 0.333. The third-order valence-corrected chi connectivity index (χ3v) is 4.51. The number of nitrogens with one attached hydrogen (secondary N) is 1. The minimum atomic E-state index is -0.236. The summed E-state index contributed by atoms with van der Waals surface area (Å²) in [4.78, 5) is 12.9. The highest BCUT2D eigenvalue weighted by atomic mass is 35.5. The number of carbonyl (C=O) groups excluding carboxylic acids is 1. The number of amides is 1. The van der Waals surface area contributed by atoms with Crippen molar-refractivity contribution in [2.75, 3.05) is 18.2 Å². The Bertz CT molecular complexity index is 700. The summed E-state index contributed by atoms with van der Waals surface area (Å²) in [6, 6.07) is 5.41. The van der Waals surface area contributed by atoms with Crippen molar-refractivity contribution in [3.8, 4) is 5.75 Å². The highest BCUT2D eigenvalue weighted by molar-refractivity contribution is 7.98. The van der Waals surface area contributed by atoms with Gasteiger partial charge < -0.3 is 10.1 Å². The van der Waals surface area contributed by atoms with E-state index >= 15 is 0 Å². The maximum absolute atomic E-state index is 12.1. The Morgan fingerprint density at radius 1 is 1.45 bits per heavy atom. The Morgan fingerprint density at radius 3 is 2.77 bits per heavy atom. The van der Waals surface area contributed by atoms with Crippen LogP contribution in [0.5, 0.6) is 5.75 Å². The fourth-order valence-corrected chi connectivity index (χ4v) is 3.11. The van der Waals surface area contributed by atoms with Crippen LogP contribution in [-0.2, 0) is 11.8 Å². The lowest BCUT2D eigenvalue weighted by Gasteiger charge is -2.11. The Labute approximate surface area is 139 Å². The lowest BCUT2D eigenvalue weighted by Crippen LogP contribution is -2.21. The number of carbonyl (C=O) groups is 1. The van der Waals surface area contributed by atoms with Crippen molar-refractivity contribution in [3.05, 3.63) is 34.6 Å². The molecule has 0 aliphatic heterocycles. The molecule has 1 heterocycles. The molecule has 1 aromatic heterocycles. The zero-order valence-electron chi connectivity index (χ0n) is 12.9. The number of rotatable bonds is 5. The molecular formula is C15H18ClN3O2S.